The van der Waals surface area contributed by atoms with Crippen LogP contribution in [0.3, 0.4) is 0 Å². The van der Waals surface area contributed by atoms with Gasteiger partial charge >= 0.3 is 0 Å². The van der Waals surface area contributed by atoms with Crippen molar-refractivity contribution in [1.82, 2.24) is 4.98 Å². The molecule has 27 heavy (non-hydrogen) atoms. The van der Waals surface area contributed by atoms with Gasteiger partial charge in [0.1, 0.15) is 11.6 Å². The zero-order valence-corrected chi connectivity index (χ0v) is 15.7. The standard InChI is InChI=1S/C20H21N3O3S/c1-26-19-10-6-5-9-18(19)22-17-11-12-20(21-15-17)23-27(24,25)14-13-16-7-3-2-4-8-16/h2-12,15,22H,13-14H2,1H3,(H,21,23). The summed E-state index contributed by atoms with van der Waals surface area (Å²) in [6, 6.07) is 20.4. The number of para-hydroxylation sites is 2. The highest BCUT2D eigenvalue weighted by Crippen LogP contribution is 2.26. The SMILES string of the molecule is COc1ccccc1Nc1ccc(NS(=O)(=O)CCc2ccccc2)nc1. The van der Waals surface area contributed by atoms with Crippen LogP contribution in [-0.2, 0) is 16.4 Å². The number of nitrogens with one attached hydrogen (secondary N) is 2. The quantitative estimate of drug-likeness (QED) is 0.618. The lowest BCUT2D eigenvalue weighted by molar-refractivity contribution is 0.417. The first kappa shape index (κ1) is 18.7. The van der Waals surface area contributed by atoms with E-state index in [2.05, 4.69) is 15.0 Å². The second-order valence-corrected chi connectivity index (χ2v) is 7.76. The van der Waals surface area contributed by atoms with E-state index in [0.717, 1.165) is 16.9 Å². The second-order valence-electron chi connectivity index (χ2n) is 5.91. The first-order valence-electron chi connectivity index (χ1n) is 8.46. The highest BCUT2D eigenvalue weighted by Gasteiger charge is 2.11. The summed E-state index contributed by atoms with van der Waals surface area (Å²) in [7, 11) is -1.86. The molecule has 0 aliphatic heterocycles. The minimum atomic E-state index is -3.47. The van der Waals surface area contributed by atoms with E-state index in [1.165, 1.54) is 0 Å². The van der Waals surface area contributed by atoms with Gasteiger partial charge < -0.3 is 10.1 Å². The number of nitrogens with zero attached hydrogens (tertiary/aromatic N) is 1. The molecule has 0 aliphatic rings. The van der Waals surface area contributed by atoms with Crippen LogP contribution >= 0.6 is 0 Å². The van der Waals surface area contributed by atoms with Crippen molar-refractivity contribution >= 4 is 27.2 Å². The fourth-order valence-corrected chi connectivity index (χ4v) is 3.58. The maximum absolute atomic E-state index is 12.2. The Morgan fingerprint density at radius 2 is 1.70 bits per heavy atom. The summed E-state index contributed by atoms with van der Waals surface area (Å²) in [5.41, 5.74) is 2.51. The average molecular weight is 383 g/mol. The van der Waals surface area contributed by atoms with Gasteiger partial charge in [0, 0.05) is 0 Å². The summed E-state index contributed by atoms with van der Waals surface area (Å²) in [5.74, 6) is 0.997. The van der Waals surface area contributed by atoms with E-state index in [1.54, 1.807) is 25.4 Å². The molecule has 0 amide bonds. The van der Waals surface area contributed by atoms with E-state index in [-0.39, 0.29) is 11.6 Å². The maximum atomic E-state index is 12.2. The number of ether oxygens (including phenoxy) is 1. The highest BCUT2D eigenvalue weighted by atomic mass is 32.2. The van der Waals surface area contributed by atoms with Crippen molar-refractivity contribution in [1.29, 1.82) is 0 Å². The van der Waals surface area contributed by atoms with Crippen LogP contribution in [-0.4, -0.2) is 26.3 Å². The molecule has 0 saturated carbocycles. The van der Waals surface area contributed by atoms with Crippen LogP contribution in [0, 0.1) is 0 Å². The summed E-state index contributed by atoms with van der Waals surface area (Å²) in [4.78, 5) is 4.18. The van der Waals surface area contributed by atoms with E-state index in [4.69, 9.17) is 4.74 Å². The van der Waals surface area contributed by atoms with Crippen molar-refractivity contribution < 1.29 is 13.2 Å². The Kier molecular flexibility index (Phi) is 5.93. The molecule has 7 heteroatoms. The Hall–Kier alpha value is -3.06. The zero-order chi connectivity index (χ0) is 19.1. The van der Waals surface area contributed by atoms with Gasteiger partial charge in [0.2, 0.25) is 10.0 Å². The van der Waals surface area contributed by atoms with Gasteiger partial charge in [-0.05, 0) is 36.2 Å². The predicted octanol–water partition coefficient (Wildman–Crippen LogP) is 3.82. The summed E-state index contributed by atoms with van der Waals surface area (Å²) in [5, 5.41) is 3.20. The normalized spacial score (nSPS) is 11.0. The lowest BCUT2D eigenvalue weighted by Crippen LogP contribution is -2.18. The van der Waals surface area contributed by atoms with E-state index >= 15 is 0 Å². The topological polar surface area (TPSA) is 80.3 Å². The number of anilines is 3. The largest absolute Gasteiger partial charge is 0.495 e. The van der Waals surface area contributed by atoms with Gasteiger partial charge in [0.15, 0.2) is 0 Å². The van der Waals surface area contributed by atoms with Gasteiger partial charge in [0.25, 0.3) is 0 Å². The zero-order valence-electron chi connectivity index (χ0n) is 14.9. The molecule has 1 aromatic heterocycles. The molecule has 0 atom stereocenters. The Morgan fingerprint density at radius 3 is 2.41 bits per heavy atom. The van der Waals surface area contributed by atoms with Gasteiger partial charge in [-0.15, -0.1) is 0 Å². The lowest BCUT2D eigenvalue weighted by Gasteiger charge is -2.11. The molecule has 3 rings (SSSR count). The summed E-state index contributed by atoms with van der Waals surface area (Å²) >= 11 is 0. The van der Waals surface area contributed by atoms with Crippen molar-refractivity contribution in [2.75, 3.05) is 22.9 Å². The fraction of sp³-hybridized carbons (Fsp3) is 0.150. The molecule has 1 heterocycles. The first-order chi connectivity index (χ1) is 13.1. The van der Waals surface area contributed by atoms with Gasteiger partial charge in [-0.1, -0.05) is 42.5 Å². The molecule has 0 fully saturated rings. The number of pyridine rings is 1. The summed E-state index contributed by atoms with van der Waals surface area (Å²) < 4.78 is 32.3. The van der Waals surface area contributed by atoms with Crippen molar-refractivity contribution in [2.24, 2.45) is 0 Å². The Labute approximate surface area is 159 Å². The highest BCUT2D eigenvalue weighted by molar-refractivity contribution is 7.92. The number of hydrogen-bond donors (Lipinski definition) is 2. The van der Waals surface area contributed by atoms with Crippen LogP contribution < -0.4 is 14.8 Å². The molecule has 0 radical (unpaired) electrons. The molecule has 6 nitrogen and oxygen atoms in total. The third-order valence-electron chi connectivity index (χ3n) is 3.91. The van der Waals surface area contributed by atoms with E-state index in [9.17, 15) is 8.42 Å². The number of aromatic nitrogens is 1. The Bertz CT molecular complexity index is 975. The molecular weight excluding hydrogens is 362 g/mol. The molecule has 2 aromatic carbocycles. The number of rotatable bonds is 8. The van der Waals surface area contributed by atoms with Crippen LogP contribution in [0.1, 0.15) is 5.56 Å². The minimum Gasteiger partial charge on any atom is -0.495 e. The van der Waals surface area contributed by atoms with Crippen molar-refractivity contribution in [3.8, 4) is 5.75 Å². The van der Waals surface area contributed by atoms with Crippen molar-refractivity contribution in [2.45, 2.75) is 6.42 Å². The molecule has 0 saturated heterocycles. The van der Waals surface area contributed by atoms with Crippen molar-refractivity contribution in [3.63, 3.8) is 0 Å². The minimum absolute atomic E-state index is 0.0000903. The van der Waals surface area contributed by atoms with Crippen LogP contribution in [0.2, 0.25) is 0 Å². The molecule has 140 valence electrons. The first-order valence-corrected chi connectivity index (χ1v) is 10.1. The molecule has 0 aliphatic carbocycles. The third-order valence-corrected chi connectivity index (χ3v) is 5.17. The Morgan fingerprint density at radius 1 is 0.963 bits per heavy atom. The number of benzene rings is 2. The van der Waals surface area contributed by atoms with E-state index < -0.39 is 10.0 Å². The number of hydrogen-bond acceptors (Lipinski definition) is 5. The van der Waals surface area contributed by atoms with Gasteiger partial charge in [-0.3, -0.25) is 4.72 Å². The van der Waals surface area contributed by atoms with Gasteiger partial charge in [0.05, 0.1) is 30.4 Å². The Balaban J connectivity index is 1.61. The molecular formula is C20H21N3O3S. The fourth-order valence-electron chi connectivity index (χ4n) is 2.54. The summed E-state index contributed by atoms with van der Waals surface area (Å²) in [6.07, 6.45) is 2.02. The molecule has 2 N–H and O–H groups in total. The monoisotopic (exact) mass is 383 g/mol. The van der Waals surface area contributed by atoms with E-state index in [0.29, 0.717) is 12.2 Å². The number of sulfonamides is 1. The average Bonchev–Trinajstić information content (AvgIpc) is 2.69. The molecule has 0 bridgehead atoms. The number of aryl methyl sites for hydroxylation is 1. The summed E-state index contributed by atoms with van der Waals surface area (Å²) in [6.45, 7) is 0. The predicted molar refractivity (Wildman–Crippen MR) is 108 cm³/mol. The van der Waals surface area contributed by atoms with Crippen LogP contribution in [0.15, 0.2) is 72.9 Å². The smallest absolute Gasteiger partial charge is 0.234 e. The van der Waals surface area contributed by atoms with Gasteiger partial charge in [-0.2, -0.15) is 0 Å². The van der Waals surface area contributed by atoms with Crippen molar-refractivity contribution in [3.05, 3.63) is 78.5 Å². The lowest BCUT2D eigenvalue weighted by atomic mass is 10.2. The van der Waals surface area contributed by atoms with Gasteiger partial charge in [-0.25, -0.2) is 13.4 Å². The van der Waals surface area contributed by atoms with E-state index in [1.807, 2.05) is 54.6 Å². The molecule has 0 spiro atoms. The number of methoxy groups -OCH3 is 1. The molecule has 0 unspecified atom stereocenters. The van der Waals surface area contributed by atoms with Crippen LogP contribution in [0.5, 0.6) is 5.75 Å². The van der Waals surface area contributed by atoms with Crippen LogP contribution in [0.25, 0.3) is 0 Å². The molecule has 3 aromatic rings. The maximum Gasteiger partial charge on any atom is 0.234 e. The third kappa shape index (κ3) is 5.46. The second kappa shape index (κ2) is 8.55. The van der Waals surface area contributed by atoms with Crippen LogP contribution in [0.4, 0.5) is 17.2 Å².